The van der Waals surface area contributed by atoms with Gasteiger partial charge in [0.2, 0.25) is 11.8 Å². The number of hydrogen-bond donors (Lipinski definition) is 3. The first-order chi connectivity index (χ1) is 24.6. The summed E-state index contributed by atoms with van der Waals surface area (Å²) in [5.74, 6) is -1.58. The Morgan fingerprint density at radius 3 is 2.57 bits per heavy atom. The molecule has 4 rings (SSSR count). The van der Waals surface area contributed by atoms with Gasteiger partial charge >= 0.3 is 12.1 Å². The average molecular weight is 780 g/mol. The Kier molecular flexibility index (Phi) is 13.3. The van der Waals surface area contributed by atoms with Crippen LogP contribution in [0.3, 0.4) is 0 Å². The number of anilines is 1. The molecule has 294 valence electrons. The van der Waals surface area contributed by atoms with E-state index in [0.29, 0.717) is 24.3 Å². The van der Waals surface area contributed by atoms with Crippen molar-refractivity contribution in [3.05, 3.63) is 46.5 Å². The van der Waals surface area contributed by atoms with E-state index < -0.39 is 65.7 Å². The maximum atomic E-state index is 14.1. The minimum Gasteiger partial charge on any atom is -0.495 e. The van der Waals surface area contributed by atoms with E-state index in [0.717, 1.165) is 11.1 Å². The van der Waals surface area contributed by atoms with Gasteiger partial charge < -0.3 is 38.6 Å². The highest BCUT2D eigenvalue weighted by Gasteiger charge is 2.64. The molecule has 0 aliphatic carbocycles. The lowest BCUT2D eigenvalue weighted by molar-refractivity contribution is -0.162. The molecule has 2 saturated heterocycles. The molecule has 4 bridgehead atoms. The molecule has 0 aromatic heterocycles. The van der Waals surface area contributed by atoms with E-state index in [1.165, 1.54) is 31.1 Å². The minimum atomic E-state index is -1.83. The van der Waals surface area contributed by atoms with Crippen molar-refractivity contribution in [3.63, 3.8) is 0 Å². The summed E-state index contributed by atoms with van der Waals surface area (Å²) < 4.78 is 28.8. The zero-order valence-electron chi connectivity index (χ0n) is 32.2. The summed E-state index contributed by atoms with van der Waals surface area (Å²) in [6.45, 7) is 10.8. The van der Waals surface area contributed by atoms with Gasteiger partial charge in [0.25, 0.3) is 0 Å². The van der Waals surface area contributed by atoms with E-state index in [2.05, 4.69) is 17.9 Å². The molecule has 13 nitrogen and oxygen atoms in total. The Labute approximate surface area is 322 Å². The number of fused-ring (bicyclic) bond motifs is 5. The number of ether oxygens (including phenoxy) is 5. The van der Waals surface area contributed by atoms with Crippen LogP contribution in [0.5, 0.6) is 5.75 Å². The Morgan fingerprint density at radius 1 is 1.26 bits per heavy atom. The van der Waals surface area contributed by atoms with Crippen LogP contribution in [-0.2, 0) is 39.8 Å². The third-order valence-electron chi connectivity index (χ3n) is 10.5. The maximum Gasteiger partial charge on any atom is 0.409 e. The van der Waals surface area contributed by atoms with Gasteiger partial charge in [-0.15, -0.1) is 0 Å². The molecule has 1 aromatic rings. The number of nitrogens with zero attached hydrogens (tertiary/aromatic N) is 2. The highest BCUT2D eigenvalue weighted by molar-refractivity contribution is 7.81. The number of aliphatic hydroxyl groups is 1. The zero-order valence-corrected chi connectivity index (χ0v) is 33.9. The van der Waals surface area contributed by atoms with Crippen molar-refractivity contribution in [3.8, 4) is 5.75 Å². The van der Waals surface area contributed by atoms with Gasteiger partial charge in [0.15, 0.2) is 5.72 Å². The predicted molar refractivity (Wildman–Crippen MR) is 203 cm³/mol. The highest BCUT2D eigenvalue weighted by atomic mass is 35.5. The van der Waals surface area contributed by atoms with Crippen LogP contribution in [-0.4, -0.2) is 109 Å². The first kappa shape index (κ1) is 42.4. The first-order valence-electron chi connectivity index (χ1n) is 17.7. The fourth-order valence-electron chi connectivity index (χ4n) is 6.81. The van der Waals surface area contributed by atoms with Gasteiger partial charge in [0.1, 0.15) is 40.7 Å². The van der Waals surface area contributed by atoms with Crippen LogP contribution in [0.2, 0.25) is 5.02 Å². The van der Waals surface area contributed by atoms with Crippen LogP contribution in [0.15, 0.2) is 35.9 Å². The van der Waals surface area contributed by atoms with Gasteiger partial charge in [-0.2, -0.15) is 12.6 Å². The van der Waals surface area contributed by atoms with Crippen LogP contribution in [0.1, 0.15) is 72.8 Å². The van der Waals surface area contributed by atoms with Gasteiger partial charge in [0.05, 0.1) is 25.3 Å². The third-order valence-corrected chi connectivity index (χ3v) is 11.1. The van der Waals surface area contributed by atoms with Crippen LogP contribution >= 0.6 is 24.2 Å². The summed E-state index contributed by atoms with van der Waals surface area (Å²) >= 11 is 11.3. The normalized spacial score (nSPS) is 31.5. The number of alkyl carbamates (subject to hydrolysis) is 1. The molecule has 1 aromatic carbocycles. The first-order valence-corrected chi connectivity index (χ1v) is 18.5. The topological polar surface area (TPSA) is 156 Å². The summed E-state index contributed by atoms with van der Waals surface area (Å²) in [7, 11) is 6.02. The van der Waals surface area contributed by atoms with Crippen molar-refractivity contribution >= 4 is 53.8 Å². The lowest BCUT2D eigenvalue weighted by Gasteiger charge is -2.42. The smallest absolute Gasteiger partial charge is 0.409 e. The SMILES string of the molecule is COc1cc2cc(c1Cl)N(C)C(=O)C[C@@H](OC(=O)[C@H](C)N(C)C(=O)CCC(C)(C)S)[C@]1(C)O[C@@H]1[C@@H](C)[C@@H]1C[C@@](O)(NC(=O)O1)[C@H](OC)/C=C/C=C(/C)C2. The van der Waals surface area contributed by atoms with Gasteiger partial charge in [-0.3, -0.25) is 14.9 Å². The van der Waals surface area contributed by atoms with E-state index in [4.69, 9.17) is 35.3 Å². The van der Waals surface area contributed by atoms with Crippen LogP contribution in [0.4, 0.5) is 10.5 Å². The van der Waals surface area contributed by atoms with Gasteiger partial charge in [0, 0.05) is 44.7 Å². The molecule has 3 aliphatic heterocycles. The summed E-state index contributed by atoms with van der Waals surface area (Å²) in [5, 5.41) is 14.5. The van der Waals surface area contributed by atoms with Crippen LogP contribution in [0, 0.1) is 5.92 Å². The number of benzene rings is 1. The van der Waals surface area contributed by atoms with E-state index in [1.807, 2.05) is 26.8 Å². The molecule has 15 heteroatoms. The number of nitrogens with one attached hydrogen (secondary N) is 1. The molecule has 3 amide bonds. The van der Waals surface area contributed by atoms with Gasteiger partial charge in [-0.1, -0.05) is 56.2 Å². The zero-order chi connectivity index (χ0) is 39.6. The lowest BCUT2D eigenvalue weighted by atomic mass is 9.83. The second kappa shape index (κ2) is 16.6. The largest absolute Gasteiger partial charge is 0.495 e. The molecule has 53 heavy (non-hydrogen) atoms. The molecule has 3 aliphatic rings. The molecule has 0 unspecified atom stereocenters. The number of carbonyl (C=O) groups excluding carboxylic acids is 4. The number of carbonyl (C=O) groups is 4. The molecule has 8 atom stereocenters. The van der Waals surface area contributed by atoms with Crippen molar-refractivity contribution in [1.82, 2.24) is 10.2 Å². The molecule has 0 saturated carbocycles. The lowest BCUT2D eigenvalue weighted by Crippen LogP contribution is -2.63. The van der Waals surface area contributed by atoms with Gasteiger partial charge in [-0.05, 0) is 51.3 Å². The molecule has 2 fully saturated rings. The average Bonchev–Trinajstić information content (AvgIpc) is 3.78. The summed E-state index contributed by atoms with van der Waals surface area (Å²) in [6, 6.07) is 2.60. The van der Waals surface area contributed by atoms with Crippen LogP contribution in [0.25, 0.3) is 0 Å². The molecule has 2 N–H and O–H groups in total. The number of halogens is 1. The minimum absolute atomic E-state index is 0.0509. The Balaban J connectivity index is 1.74. The number of likely N-dealkylation sites (N-methyl/N-ethyl adjacent to an activating group) is 1. The van der Waals surface area contributed by atoms with Crippen molar-refractivity contribution < 1.29 is 48.0 Å². The highest BCUT2D eigenvalue weighted by Crippen LogP contribution is 2.49. The summed E-state index contributed by atoms with van der Waals surface area (Å²) in [4.78, 5) is 56.5. The predicted octanol–water partition coefficient (Wildman–Crippen LogP) is 5.00. The Bertz CT molecular complexity index is 1630. The van der Waals surface area contributed by atoms with Crippen molar-refractivity contribution in [2.24, 2.45) is 5.92 Å². The van der Waals surface area contributed by atoms with E-state index in [-0.39, 0.29) is 34.9 Å². The Hall–Kier alpha value is -3.30. The van der Waals surface area contributed by atoms with Crippen molar-refractivity contribution in [1.29, 1.82) is 0 Å². The number of esters is 1. The molecule has 0 spiro atoms. The number of thiol groups is 1. The van der Waals surface area contributed by atoms with Crippen molar-refractivity contribution in [2.75, 3.05) is 33.2 Å². The van der Waals surface area contributed by atoms with Gasteiger partial charge in [-0.25, -0.2) is 9.59 Å². The molecule has 3 heterocycles. The summed E-state index contributed by atoms with van der Waals surface area (Å²) in [6.07, 6.45) is 1.61. The van der Waals surface area contributed by atoms with E-state index >= 15 is 0 Å². The number of epoxide rings is 1. The monoisotopic (exact) mass is 779 g/mol. The quantitative estimate of drug-likeness (QED) is 0.187. The fraction of sp³-hybridized carbons (Fsp3) is 0.632. The number of hydrogen-bond acceptors (Lipinski definition) is 11. The number of rotatable bonds is 8. The van der Waals surface area contributed by atoms with E-state index in [9.17, 15) is 24.3 Å². The van der Waals surface area contributed by atoms with Crippen LogP contribution < -0.4 is 15.0 Å². The standard InChI is InChI=1S/C38H54ClN3O10S/c1-21-12-11-13-28(49-10)38(47)20-27(50-35(46)40-38)22(2)33-37(6,52-33)29(51-34(45)23(3)41(7)30(43)14-15-36(4,5)53)19-31(44)42(8)25-17-24(16-21)18-26(48-9)32(25)39/h11-13,17-18,22-23,27-29,33,47,53H,14-16,19-20H2,1-10H3,(H,40,46)/b13-11+,21-12-/t22-,23-,27-,28+,29+,33+,37-,38-/m0/s1. The maximum absolute atomic E-state index is 14.1. The number of allylic oxidation sites excluding steroid dienone is 3. The number of amides is 3. The fourth-order valence-corrected chi connectivity index (χ4v) is 7.23. The van der Waals surface area contributed by atoms with Crippen molar-refractivity contribution in [2.45, 2.75) is 120 Å². The summed E-state index contributed by atoms with van der Waals surface area (Å²) in [5.41, 5.74) is -0.916. The second-order valence-electron chi connectivity index (χ2n) is 15.2. The second-order valence-corrected chi connectivity index (χ2v) is 16.8. The third kappa shape index (κ3) is 9.88. The van der Waals surface area contributed by atoms with E-state index in [1.54, 1.807) is 52.1 Å². The number of methoxy groups -OCH3 is 2. The Morgan fingerprint density at radius 2 is 1.94 bits per heavy atom. The molecular weight excluding hydrogens is 726 g/mol. The molecule has 0 radical (unpaired) electrons. The molecular formula is C38H54ClN3O10S.